The van der Waals surface area contributed by atoms with Gasteiger partial charge in [-0.1, -0.05) is 18.2 Å². The molecule has 0 atom stereocenters. The topological polar surface area (TPSA) is 58.6 Å². The molecule has 0 aromatic heterocycles. The number of nitrogens with one attached hydrogen (secondary N) is 1. The van der Waals surface area contributed by atoms with Gasteiger partial charge in [0.25, 0.3) is 5.91 Å². The third-order valence-electron chi connectivity index (χ3n) is 4.90. The normalized spacial score (nSPS) is 14.1. The molecule has 5 heteroatoms. The molecule has 1 heterocycles. The van der Waals surface area contributed by atoms with E-state index < -0.39 is 0 Å². The molecule has 0 spiro atoms. The summed E-state index contributed by atoms with van der Waals surface area (Å²) in [6.45, 7) is 7.13. The van der Waals surface area contributed by atoms with Gasteiger partial charge in [0.2, 0.25) is 0 Å². The van der Waals surface area contributed by atoms with Crippen molar-refractivity contribution in [1.82, 2.24) is 4.90 Å². The molecule has 5 nitrogen and oxygen atoms in total. The summed E-state index contributed by atoms with van der Waals surface area (Å²) in [6.07, 6.45) is 2.54. The number of hydrogen-bond donors (Lipinski definition) is 1. The number of ether oxygens (including phenoxy) is 1. The molecule has 142 valence electrons. The molecule has 0 saturated carbocycles. The van der Waals surface area contributed by atoms with Gasteiger partial charge >= 0.3 is 5.97 Å². The van der Waals surface area contributed by atoms with Gasteiger partial charge in [-0.3, -0.25) is 9.69 Å². The molecule has 0 radical (unpaired) electrons. The van der Waals surface area contributed by atoms with Gasteiger partial charge in [0.15, 0.2) is 0 Å². The van der Waals surface area contributed by atoms with Crippen LogP contribution in [0.4, 0.5) is 5.69 Å². The summed E-state index contributed by atoms with van der Waals surface area (Å²) >= 11 is 0. The number of rotatable bonds is 6. The summed E-state index contributed by atoms with van der Waals surface area (Å²) in [5.74, 6) is -0.566. The Kier molecular flexibility index (Phi) is 6.24. The maximum absolute atomic E-state index is 12.6. The molecule has 0 aliphatic carbocycles. The van der Waals surface area contributed by atoms with Gasteiger partial charge in [-0.25, -0.2) is 4.79 Å². The van der Waals surface area contributed by atoms with Crippen molar-refractivity contribution in [2.24, 2.45) is 0 Å². The van der Waals surface area contributed by atoms with Crippen LogP contribution in [0.15, 0.2) is 42.5 Å². The second-order valence-corrected chi connectivity index (χ2v) is 6.83. The van der Waals surface area contributed by atoms with Gasteiger partial charge in [0.05, 0.1) is 12.2 Å². The number of nitrogens with zero attached hydrogens (tertiary/aromatic N) is 1. The molecule has 1 N–H and O–H groups in total. The number of carbonyl (C=O) groups excluding carboxylic acids is 2. The minimum Gasteiger partial charge on any atom is -0.462 e. The van der Waals surface area contributed by atoms with Crippen molar-refractivity contribution in [2.45, 2.75) is 33.2 Å². The second kappa shape index (κ2) is 8.82. The van der Waals surface area contributed by atoms with E-state index in [1.165, 1.54) is 18.4 Å². The zero-order valence-corrected chi connectivity index (χ0v) is 16.0. The maximum atomic E-state index is 12.6. The standard InChI is InChI=1S/C22H26N2O3/c1-3-27-22(26)19-7-6-8-20(16(19)2)23-21(25)18-11-9-17(10-12-18)15-24-13-4-5-14-24/h6-12H,3-5,13-15H2,1-2H3,(H,23,25). The molecule has 0 unspecified atom stereocenters. The van der Waals surface area contributed by atoms with Crippen molar-refractivity contribution in [3.63, 3.8) is 0 Å². The molecule has 3 rings (SSSR count). The molecule has 0 bridgehead atoms. The van der Waals surface area contributed by atoms with E-state index in [2.05, 4.69) is 10.2 Å². The monoisotopic (exact) mass is 366 g/mol. The molecule has 27 heavy (non-hydrogen) atoms. The van der Waals surface area contributed by atoms with Crippen LogP contribution < -0.4 is 5.32 Å². The average Bonchev–Trinajstić information content (AvgIpc) is 3.17. The molecular formula is C22H26N2O3. The average molecular weight is 366 g/mol. The first-order valence-corrected chi connectivity index (χ1v) is 9.48. The van der Waals surface area contributed by atoms with E-state index in [1.54, 1.807) is 32.0 Å². The Hall–Kier alpha value is -2.66. The Morgan fingerprint density at radius 1 is 1.07 bits per heavy atom. The number of amides is 1. The molecule has 1 fully saturated rings. The quantitative estimate of drug-likeness (QED) is 0.785. The Morgan fingerprint density at radius 2 is 1.78 bits per heavy atom. The predicted octanol–water partition coefficient (Wildman–Crippen LogP) is 4.02. The van der Waals surface area contributed by atoms with Crippen molar-refractivity contribution in [3.05, 3.63) is 64.7 Å². The van der Waals surface area contributed by atoms with Crippen molar-refractivity contribution in [3.8, 4) is 0 Å². The van der Waals surface area contributed by atoms with Crippen molar-refractivity contribution < 1.29 is 14.3 Å². The van der Waals surface area contributed by atoms with Gasteiger partial charge < -0.3 is 10.1 Å². The van der Waals surface area contributed by atoms with Gasteiger partial charge in [-0.2, -0.15) is 0 Å². The van der Waals surface area contributed by atoms with E-state index in [4.69, 9.17) is 4.74 Å². The lowest BCUT2D eigenvalue weighted by molar-refractivity contribution is 0.0525. The predicted molar refractivity (Wildman–Crippen MR) is 106 cm³/mol. The molecule has 2 aromatic carbocycles. The maximum Gasteiger partial charge on any atom is 0.338 e. The lowest BCUT2D eigenvalue weighted by Gasteiger charge is -2.15. The first-order valence-electron chi connectivity index (χ1n) is 9.48. The number of benzene rings is 2. The fourth-order valence-corrected chi connectivity index (χ4v) is 3.36. The highest BCUT2D eigenvalue weighted by molar-refractivity contribution is 6.05. The van der Waals surface area contributed by atoms with Crippen LogP contribution in [-0.4, -0.2) is 36.5 Å². The molecule has 2 aromatic rings. The highest BCUT2D eigenvalue weighted by Gasteiger charge is 2.15. The Labute approximate surface area is 160 Å². The summed E-state index contributed by atoms with van der Waals surface area (Å²) in [6, 6.07) is 13.0. The van der Waals surface area contributed by atoms with E-state index in [0.29, 0.717) is 29.0 Å². The second-order valence-electron chi connectivity index (χ2n) is 6.83. The fraction of sp³-hybridized carbons (Fsp3) is 0.364. The van der Waals surface area contributed by atoms with Crippen LogP contribution in [-0.2, 0) is 11.3 Å². The molecule has 1 aliphatic heterocycles. The zero-order chi connectivity index (χ0) is 19.2. The highest BCUT2D eigenvalue weighted by Crippen LogP contribution is 2.21. The van der Waals surface area contributed by atoms with E-state index >= 15 is 0 Å². The van der Waals surface area contributed by atoms with Crippen molar-refractivity contribution >= 4 is 17.6 Å². The SMILES string of the molecule is CCOC(=O)c1cccc(NC(=O)c2ccc(CN3CCCC3)cc2)c1C. The van der Waals surface area contributed by atoms with E-state index in [1.807, 2.05) is 24.3 Å². The third-order valence-corrected chi connectivity index (χ3v) is 4.90. The fourth-order valence-electron chi connectivity index (χ4n) is 3.36. The molecule has 1 saturated heterocycles. The number of anilines is 1. The van der Waals surface area contributed by atoms with Crippen LogP contribution in [0.5, 0.6) is 0 Å². The summed E-state index contributed by atoms with van der Waals surface area (Å²) in [5, 5.41) is 2.90. The van der Waals surface area contributed by atoms with Crippen LogP contribution in [0.25, 0.3) is 0 Å². The first kappa shape index (κ1) is 19.1. The minimum atomic E-state index is -0.377. The van der Waals surface area contributed by atoms with E-state index in [-0.39, 0.29) is 11.9 Å². The number of likely N-dealkylation sites (tertiary alicyclic amines) is 1. The van der Waals surface area contributed by atoms with Crippen LogP contribution in [0.1, 0.15) is 51.6 Å². The Balaban J connectivity index is 1.68. The summed E-state index contributed by atoms with van der Waals surface area (Å²) in [4.78, 5) is 27.0. The number of carbonyl (C=O) groups is 2. The zero-order valence-electron chi connectivity index (χ0n) is 16.0. The largest absolute Gasteiger partial charge is 0.462 e. The van der Waals surface area contributed by atoms with Gasteiger partial charge in [0, 0.05) is 17.8 Å². The number of hydrogen-bond acceptors (Lipinski definition) is 4. The summed E-state index contributed by atoms with van der Waals surface area (Å²) in [5.41, 5.74) is 3.60. The minimum absolute atomic E-state index is 0.188. The van der Waals surface area contributed by atoms with E-state index in [0.717, 1.165) is 19.6 Å². The smallest absolute Gasteiger partial charge is 0.338 e. The molecule has 1 amide bonds. The van der Waals surface area contributed by atoms with Gasteiger partial charge in [0.1, 0.15) is 0 Å². The van der Waals surface area contributed by atoms with Crippen LogP contribution in [0.2, 0.25) is 0 Å². The van der Waals surface area contributed by atoms with Crippen LogP contribution in [0, 0.1) is 6.92 Å². The summed E-state index contributed by atoms with van der Waals surface area (Å²) in [7, 11) is 0. The highest BCUT2D eigenvalue weighted by atomic mass is 16.5. The van der Waals surface area contributed by atoms with Crippen molar-refractivity contribution in [2.75, 3.05) is 25.0 Å². The Morgan fingerprint density at radius 3 is 2.44 bits per heavy atom. The Bertz CT molecular complexity index is 809. The lowest BCUT2D eigenvalue weighted by atomic mass is 10.1. The number of esters is 1. The van der Waals surface area contributed by atoms with Crippen molar-refractivity contribution in [1.29, 1.82) is 0 Å². The van der Waals surface area contributed by atoms with Gasteiger partial charge in [-0.05, 0) is 75.2 Å². The van der Waals surface area contributed by atoms with Crippen LogP contribution >= 0.6 is 0 Å². The van der Waals surface area contributed by atoms with E-state index in [9.17, 15) is 9.59 Å². The molecule has 1 aliphatic rings. The third kappa shape index (κ3) is 4.74. The lowest BCUT2D eigenvalue weighted by Crippen LogP contribution is -2.18. The summed E-state index contributed by atoms with van der Waals surface area (Å²) < 4.78 is 5.07. The van der Waals surface area contributed by atoms with Crippen LogP contribution in [0.3, 0.4) is 0 Å². The van der Waals surface area contributed by atoms with Gasteiger partial charge in [-0.15, -0.1) is 0 Å². The molecular weight excluding hydrogens is 340 g/mol. The first-order chi connectivity index (χ1) is 13.1.